The molecule has 0 spiro atoms. The fourth-order valence-corrected chi connectivity index (χ4v) is 4.93. The van der Waals surface area contributed by atoms with Gasteiger partial charge in [-0.25, -0.2) is 4.98 Å². The fraction of sp³-hybridized carbons (Fsp3) is 0.387. The van der Waals surface area contributed by atoms with Crippen molar-refractivity contribution in [3.63, 3.8) is 0 Å². The van der Waals surface area contributed by atoms with Crippen molar-refractivity contribution in [1.29, 1.82) is 0 Å². The van der Waals surface area contributed by atoms with Crippen LogP contribution in [0.5, 0.6) is 5.88 Å². The number of aryl methyl sites for hydroxylation is 1. The van der Waals surface area contributed by atoms with Crippen molar-refractivity contribution in [2.24, 2.45) is 0 Å². The number of aromatic nitrogens is 1. The van der Waals surface area contributed by atoms with Gasteiger partial charge in [0, 0.05) is 17.5 Å². The summed E-state index contributed by atoms with van der Waals surface area (Å²) in [6, 6.07) is 20.6. The average molecular weight is 558 g/mol. The summed E-state index contributed by atoms with van der Waals surface area (Å²) in [7, 11) is 0. The second kappa shape index (κ2) is 16.2. The molecule has 2 aromatic carbocycles. The van der Waals surface area contributed by atoms with E-state index >= 15 is 0 Å². The molecule has 0 bridgehead atoms. The first-order chi connectivity index (χ1) is 17.9. The summed E-state index contributed by atoms with van der Waals surface area (Å²) in [6.07, 6.45) is 4.27. The van der Waals surface area contributed by atoms with E-state index in [-0.39, 0.29) is 75.7 Å². The molecule has 2 atom stereocenters. The predicted octanol–water partition coefficient (Wildman–Crippen LogP) is 4.52. The summed E-state index contributed by atoms with van der Waals surface area (Å²) < 4.78 is 11.2. The van der Waals surface area contributed by atoms with Gasteiger partial charge in [-0.1, -0.05) is 75.9 Å². The summed E-state index contributed by atoms with van der Waals surface area (Å²) in [5.74, 6) is 0.622. The van der Waals surface area contributed by atoms with Crippen LogP contribution in [0.4, 0.5) is 0 Å². The Hall–Kier alpha value is -1.16. The maximum atomic E-state index is 9.93. The van der Waals surface area contributed by atoms with Gasteiger partial charge in [0.2, 0.25) is 5.88 Å². The Balaban J connectivity index is 0.00000165. The normalized spacial score (nSPS) is 16.0. The van der Waals surface area contributed by atoms with Gasteiger partial charge in [0.05, 0.1) is 12.6 Å². The quantitative estimate of drug-likeness (QED) is 0.283. The van der Waals surface area contributed by atoms with E-state index in [1.807, 2.05) is 32.0 Å². The molecule has 7 heteroatoms. The van der Waals surface area contributed by atoms with Crippen LogP contribution in [0.25, 0.3) is 10.4 Å². The summed E-state index contributed by atoms with van der Waals surface area (Å²) in [4.78, 5) is 5.75. The van der Waals surface area contributed by atoms with E-state index in [0.717, 1.165) is 40.1 Å². The monoisotopic (exact) mass is 557 g/mol. The number of rotatable bonds is 10. The Labute approximate surface area is 275 Å². The largest absolute Gasteiger partial charge is 1.00 e. The minimum atomic E-state index is -0.352. The number of hydrogen-bond acceptors (Lipinski definition) is 5. The van der Waals surface area contributed by atoms with Gasteiger partial charge in [-0.3, -0.25) is 11.9 Å². The number of hydrogen-bond donors (Lipinski definition) is 2. The van der Waals surface area contributed by atoms with E-state index in [0.29, 0.717) is 12.3 Å². The number of pyridine rings is 1. The van der Waals surface area contributed by atoms with Crippen molar-refractivity contribution >= 4 is 17.6 Å². The maximum Gasteiger partial charge on any atom is 1.00 e. The van der Waals surface area contributed by atoms with Crippen LogP contribution in [0.2, 0.25) is 0 Å². The topological polar surface area (TPSA) is 68.5 Å². The molecule has 198 valence electrons. The van der Waals surface area contributed by atoms with E-state index in [1.54, 1.807) is 6.20 Å². The molecule has 0 radical (unpaired) electrons. The van der Waals surface area contributed by atoms with Gasteiger partial charge in [-0.05, 0) is 72.9 Å². The Morgan fingerprint density at radius 2 is 1.84 bits per heavy atom. The molecule has 0 amide bonds. The third-order valence-electron chi connectivity index (χ3n) is 6.18. The minimum absolute atomic E-state index is 0. The zero-order valence-corrected chi connectivity index (χ0v) is 27.6. The van der Waals surface area contributed by atoms with Gasteiger partial charge in [-0.15, -0.1) is 0 Å². The van der Waals surface area contributed by atoms with Crippen molar-refractivity contribution in [2.75, 3.05) is 6.61 Å². The number of aliphatic hydroxyl groups excluding tert-OH is 1. The number of nitrogens with zero attached hydrogens (tertiary/aromatic N) is 2. The molecule has 4 rings (SSSR count). The Morgan fingerprint density at radius 3 is 2.47 bits per heavy atom. The van der Waals surface area contributed by atoms with Crippen molar-refractivity contribution in [3.05, 3.63) is 100 Å². The van der Waals surface area contributed by atoms with Crippen LogP contribution in [0.3, 0.4) is 0 Å². The third kappa shape index (κ3) is 9.49. The van der Waals surface area contributed by atoms with E-state index < -0.39 is 0 Å². The summed E-state index contributed by atoms with van der Waals surface area (Å²) >= 11 is 1.51. The van der Waals surface area contributed by atoms with Crippen LogP contribution in [0.15, 0.2) is 78.3 Å². The second-order valence-corrected chi connectivity index (χ2v) is 10.5. The summed E-state index contributed by atoms with van der Waals surface area (Å²) in [5, 5.41) is 13.3. The van der Waals surface area contributed by atoms with Gasteiger partial charge >= 0.3 is 51.4 Å². The Bertz CT molecular complexity index is 1140. The molecule has 1 aliphatic heterocycles. The van der Waals surface area contributed by atoms with Crippen LogP contribution >= 0.6 is 11.9 Å². The SMILES string of the molecule is C=C(NC(CO)Cc1ccccc1)c1cnc2c(c1)C([N-]Sc1ccc(CC)cc1)CC(C)(C)O2.CC.[K+]. The second-order valence-electron chi connectivity index (χ2n) is 9.59. The summed E-state index contributed by atoms with van der Waals surface area (Å²) in [6.45, 7) is 14.5. The number of fused-ring (bicyclic) bond motifs is 1. The molecule has 0 aliphatic carbocycles. The van der Waals surface area contributed by atoms with Crippen LogP contribution < -0.4 is 61.4 Å². The van der Waals surface area contributed by atoms with E-state index in [4.69, 9.17) is 9.46 Å². The van der Waals surface area contributed by atoms with Gasteiger partial charge in [0.25, 0.3) is 0 Å². The number of nitrogens with one attached hydrogen (secondary N) is 1. The van der Waals surface area contributed by atoms with Gasteiger partial charge in [0.15, 0.2) is 0 Å². The smallest absolute Gasteiger partial charge is 0.595 e. The van der Waals surface area contributed by atoms with Crippen LogP contribution in [-0.2, 0) is 12.8 Å². The number of benzene rings is 2. The Morgan fingerprint density at radius 1 is 1.16 bits per heavy atom. The molecule has 0 saturated carbocycles. The molecule has 1 aromatic heterocycles. The molecule has 0 fully saturated rings. The van der Waals surface area contributed by atoms with E-state index in [2.05, 4.69) is 80.1 Å². The van der Waals surface area contributed by atoms with E-state index in [1.165, 1.54) is 17.5 Å². The number of ether oxygens (including phenoxy) is 1. The van der Waals surface area contributed by atoms with Gasteiger partial charge in [0.1, 0.15) is 5.60 Å². The number of aliphatic hydroxyl groups is 1. The molecule has 2 heterocycles. The average Bonchev–Trinajstić information content (AvgIpc) is 2.92. The molecule has 5 nitrogen and oxygen atoms in total. The first-order valence-electron chi connectivity index (χ1n) is 13.1. The molecular weight excluding hydrogens is 518 g/mol. The standard InChI is InChI=1S/C29H34N3O2S.C2H6.K/c1-5-21-11-13-25(14-12-21)35-32-27-17-29(3,4)34-28-26(27)16-23(18-30-28)20(2)31-24(19-33)15-22-9-7-6-8-10-22;1-2;/h6-14,16,18,24,27,31,33H,2,5,15,17,19H2,1,3-4H3;1-2H3;/q-1;;+1. The molecule has 38 heavy (non-hydrogen) atoms. The first-order valence-corrected chi connectivity index (χ1v) is 13.9. The zero-order chi connectivity index (χ0) is 26.8. The molecule has 2 unspecified atom stereocenters. The van der Waals surface area contributed by atoms with Gasteiger partial charge < -0.3 is 19.9 Å². The summed E-state index contributed by atoms with van der Waals surface area (Å²) in [5.41, 5.74) is 4.69. The molecular formula is C31H40KN3O2S. The first kappa shape index (κ1) is 33.0. The fourth-order valence-electron chi connectivity index (χ4n) is 4.23. The van der Waals surface area contributed by atoms with Crippen molar-refractivity contribution < 1.29 is 61.2 Å². The molecule has 1 aliphatic rings. The Kier molecular flexibility index (Phi) is 14.1. The third-order valence-corrected chi connectivity index (χ3v) is 7.03. The molecule has 2 N–H and O–H groups in total. The van der Waals surface area contributed by atoms with Crippen molar-refractivity contribution in [3.8, 4) is 5.88 Å². The van der Waals surface area contributed by atoms with Crippen LogP contribution in [0, 0.1) is 0 Å². The van der Waals surface area contributed by atoms with Crippen molar-refractivity contribution in [1.82, 2.24) is 10.3 Å². The van der Waals surface area contributed by atoms with Crippen LogP contribution in [-0.4, -0.2) is 28.3 Å². The zero-order valence-electron chi connectivity index (χ0n) is 23.7. The maximum absolute atomic E-state index is 9.93. The molecule has 3 aromatic rings. The van der Waals surface area contributed by atoms with E-state index in [9.17, 15) is 5.11 Å². The van der Waals surface area contributed by atoms with Crippen LogP contribution in [0.1, 0.15) is 69.3 Å². The minimum Gasteiger partial charge on any atom is -0.595 e. The predicted molar refractivity (Wildman–Crippen MR) is 156 cm³/mol. The molecule has 0 saturated heterocycles. The van der Waals surface area contributed by atoms with Crippen molar-refractivity contribution in [2.45, 2.75) is 76.5 Å². The van der Waals surface area contributed by atoms with Gasteiger partial charge in [-0.2, -0.15) is 0 Å².